The van der Waals surface area contributed by atoms with Crippen LogP contribution in [0.4, 0.5) is 4.79 Å². The summed E-state index contributed by atoms with van der Waals surface area (Å²) in [7, 11) is 1.58. The molecule has 7 nitrogen and oxygen atoms in total. The predicted molar refractivity (Wildman–Crippen MR) is 86.7 cm³/mol. The van der Waals surface area contributed by atoms with Gasteiger partial charge in [-0.25, -0.2) is 9.59 Å². The molecule has 0 aliphatic heterocycles. The van der Waals surface area contributed by atoms with E-state index in [1.165, 1.54) is 0 Å². The molecule has 1 amide bonds. The van der Waals surface area contributed by atoms with Crippen LogP contribution in [0.25, 0.3) is 0 Å². The number of amides is 1. The topological polar surface area (TPSA) is 102 Å². The average molecular weight is 337 g/mol. The summed E-state index contributed by atoms with van der Waals surface area (Å²) in [6.45, 7) is 5.48. The van der Waals surface area contributed by atoms with Gasteiger partial charge in [0.2, 0.25) is 0 Å². The zero-order valence-electron chi connectivity index (χ0n) is 14.3. The summed E-state index contributed by atoms with van der Waals surface area (Å²) in [6.07, 6.45) is -0.782. The number of carbonyl (C=O) groups is 3. The third kappa shape index (κ3) is 6.78. The van der Waals surface area contributed by atoms with Crippen LogP contribution in [-0.4, -0.2) is 41.7 Å². The molecule has 0 saturated carbocycles. The Bertz CT molecular complexity index is 588. The number of carboxylic acids is 1. The van der Waals surface area contributed by atoms with E-state index in [1.807, 2.05) is 12.1 Å². The third-order valence-electron chi connectivity index (χ3n) is 2.99. The fourth-order valence-electron chi connectivity index (χ4n) is 1.98. The molecule has 1 aromatic carbocycles. The van der Waals surface area contributed by atoms with Crippen molar-refractivity contribution in [3.63, 3.8) is 0 Å². The fraction of sp³-hybridized carbons (Fsp3) is 0.471. The maximum Gasteiger partial charge on any atom is 0.408 e. The van der Waals surface area contributed by atoms with Gasteiger partial charge in [-0.05, 0) is 31.9 Å². The Kier molecular flexibility index (Phi) is 6.91. The van der Waals surface area contributed by atoms with E-state index in [0.29, 0.717) is 12.2 Å². The number of carbonyl (C=O) groups excluding carboxylic acids is 2. The van der Waals surface area contributed by atoms with Crippen molar-refractivity contribution in [2.24, 2.45) is 0 Å². The normalized spacial score (nSPS) is 12.3. The van der Waals surface area contributed by atoms with Crippen LogP contribution < -0.4 is 5.32 Å². The first-order valence-electron chi connectivity index (χ1n) is 7.46. The number of benzene rings is 1. The fourth-order valence-corrected chi connectivity index (χ4v) is 1.98. The van der Waals surface area contributed by atoms with Gasteiger partial charge in [-0.15, -0.1) is 0 Å². The summed E-state index contributed by atoms with van der Waals surface area (Å²) in [5, 5.41) is 11.3. The quantitative estimate of drug-likeness (QED) is 0.737. The van der Waals surface area contributed by atoms with Crippen LogP contribution in [-0.2, 0) is 32.1 Å². The van der Waals surface area contributed by atoms with Crippen LogP contribution in [0.2, 0.25) is 0 Å². The molecule has 0 saturated heterocycles. The number of methoxy groups -OCH3 is 1. The summed E-state index contributed by atoms with van der Waals surface area (Å²) in [4.78, 5) is 34.6. The van der Waals surface area contributed by atoms with E-state index < -0.39 is 29.5 Å². The van der Waals surface area contributed by atoms with Crippen molar-refractivity contribution in [2.75, 3.05) is 7.11 Å². The highest BCUT2D eigenvalue weighted by atomic mass is 16.6. The Morgan fingerprint density at radius 1 is 1.12 bits per heavy atom. The highest BCUT2D eigenvalue weighted by Crippen LogP contribution is 2.11. The van der Waals surface area contributed by atoms with Gasteiger partial charge in [0, 0.05) is 13.5 Å². The number of aliphatic carboxylic acids is 1. The minimum absolute atomic E-state index is 0.0532. The molecule has 24 heavy (non-hydrogen) atoms. The largest absolute Gasteiger partial charge is 0.475 e. The second kappa shape index (κ2) is 8.44. The summed E-state index contributed by atoms with van der Waals surface area (Å²) in [5.74, 6) is -2.70. The molecule has 0 unspecified atom stereocenters. The van der Waals surface area contributed by atoms with Crippen LogP contribution in [0.5, 0.6) is 0 Å². The van der Waals surface area contributed by atoms with E-state index in [0.717, 1.165) is 5.56 Å². The molecule has 1 rings (SSSR count). The standard InChI is InChI=1S/C17H23NO6/c1-17(2,3)24-16(22)18-13(14(19)15(20)21)9-11-5-7-12(8-6-11)10-23-4/h5-8,13H,9-10H2,1-4H3,(H,18,22)(H,20,21)/t13-/m0/s1. The first-order valence-corrected chi connectivity index (χ1v) is 7.46. The second-order valence-corrected chi connectivity index (χ2v) is 6.32. The highest BCUT2D eigenvalue weighted by Gasteiger charge is 2.28. The summed E-state index contributed by atoms with van der Waals surface area (Å²) < 4.78 is 10.1. The monoisotopic (exact) mass is 337 g/mol. The Morgan fingerprint density at radius 2 is 1.67 bits per heavy atom. The molecule has 7 heteroatoms. The van der Waals surface area contributed by atoms with Crippen LogP contribution in [0.15, 0.2) is 24.3 Å². The second-order valence-electron chi connectivity index (χ2n) is 6.32. The van der Waals surface area contributed by atoms with Crippen LogP contribution in [0.3, 0.4) is 0 Å². The molecular formula is C17H23NO6. The number of hydrogen-bond acceptors (Lipinski definition) is 5. The van der Waals surface area contributed by atoms with E-state index in [9.17, 15) is 14.4 Å². The molecule has 0 bridgehead atoms. The summed E-state index contributed by atoms with van der Waals surface area (Å²) in [6, 6.07) is 5.94. The smallest absolute Gasteiger partial charge is 0.408 e. The lowest BCUT2D eigenvalue weighted by molar-refractivity contribution is -0.150. The maximum absolute atomic E-state index is 11.8. The summed E-state index contributed by atoms with van der Waals surface area (Å²) >= 11 is 0. The first-order chi connectivity index (χ1) is 11.1. The number of nitrogens with one attached hydrogen (secondary N) is 1. The summed E-state index contributed by atoms with van der Waals surface area (Å²) in [5.41, 5.74) is 0.913. The molecule has 0 fully saturated rings. The van der Waals surface area contributed by atoms with Gasteiger partial charge in [-0.1, -0.05) is 24.3 Å². The number of ether oxygens (including phenoxy) is 2. The van der Waals surface area contributed by atoms with Crippen LogP contribution >= 0.6 is 0 Å². The van der Waals surface area contributed by atoms with Gasteiger partial charge in [-0.3, -0.25) is 4.79 Å². The number of carboxylic acid groups (broad SMARTS) is 1. The molecule has 1 atom stereocenters. The predicted octanol–water partition coefficient (Wildman–Crippen LogP) is 1.92. The van der Waals surface area contributed by atoms with Crippen molar-refractivity contribution < 1.29 is 29.0 Å². The molecule has 0 spiro atoms. The van der Waals surface area contributed by atoms with Gasteiger partial charge >= 0.3 is 12.1 Å². The van der Waals surface area contributed by atoms with Crippen molar-refractivity contribution in [3.05, 3.63) is 35.4 Å². The van der Waals surface area contributed by atoms with E-state index in [1.54, 1.807) is 40.0 Å². The minimum Gasteiger partial charge on any atom is -0.475 e. The highest BCUT2D eigenvalue weighted by molar-refractivity contribution is 6.35. The van der Waals surface area contributed by atoms with Gasteiger partial charge in [0.05, 0.1) is 6.61 Å². The molecule has 1 aromatic rings. The lowest BCUT2D eigenvalue weighted by Gasteiger charge is -2.22. The van der Waals surface area contributed by atoms with Crippen molar-refractivity contribution in [3.8, 4) is 0 Å². The Labute approximate surface area is 141 Å². The lowest BCUT2D eigenvalue weighted by Crippen LogP contribution is -2.47. The SMILES string of the molecule is COCc1ccc(C[C@H](NC(=O)OC(C)(C)C)C(=O)C(=O)O)cc1. The van der Waals surface area contributed by atoms with Gasteiger partial charge < -0.3 is 19.9 Å². The Balaban J connectivity index is 2.84. The van der Waals surface area contributed by atoms with Crippen LogP contribution in [0, 0.1) is 0 Å². The molecule has 132 valence electrons. The van der Waals surface area contributed by atoms with Crippen molar-refractivity contribution in [1.29, 1.82) is 0 Å². The number of Topliss-reactive ketones (excluding diaryl/α,β-unsaturated/α-hetero) is 1. The lowest BCUT2D eigenvalue weighted by atomic mass is 10.0. The zero-order valence-corrected chi connectivity index (χ0v) is 14.3. The van der Waals surface area contributed by atoms with E-state index in [-0.39, 0.29) is 6.42 Å². The van der Waals surface area contributed by atoms with Gasteiger partial charge in [0.1, 0.15) is 11.6 Å². The van der Waals surface area contributed by atoms with E-state index in [4.69, 9.17) is 14.6 Å². The molecule has 0 heterocycles. The van der Waals surface area contributed by atoms with Crippen LogP contribution in [0.1, 0.15) is 31.9 Å². The molecule has 0 aliphatic rings. The van der Waals surface area contributed by atoms with E-state index in [2.05, 4.69) is 5.32 Å². The molecule has 0 aromatic heterocycles. The molecular weight excluding hydrogens is 314 g/mol. The Morgan fingerprint density at radius 3 is 2.12 bits per heavy atom. The number of alkyl carbamates (subject to hydrolysis) is 1. The van der Waals surface area contributed by atoms with Gasteiger partial charge in [0.25, 0.3) is 5.78 Å². The van der Waals surface area contributed by atoms with Crippen molar-refractivity contribution in [2.45, 2.75) is 45.4 Å². The molecule has 0 radical (unpaired) electrons. The average Bonchev–Trinajstić information content (AvgIpc) is 2.46. The maximum atomic E-state index is 11.8. The zero-order chi connectivity index (χ0) is 18.3. The third-order valence-corrected chi connectivity index (χ3v) is 2.99. The minimum atomic E-state index is -1.60. The number of ketones is 1. The Hall–Kier alpha value is -2.41. The van der Waals surface area contributed by atoms with Gasteiger partial charge in [-0.2, -0.15) is 0 Å². The van der Waals surface area contributed by atoms with Crippen molar-refractivity contribution in [1.82, 2.24) is 5.32 Å². The van der Waals surface area contributed by atoms with E-state index >= 15 is 0 Å². The number of hydrogen-bond donors (Lipinski definition) is 2. The van der Waals surface area contributed by atoms with Crippen molar-refractivity contribution >= 4 is 17.8 Å². The molecule has 0 aliphatic carbocycles. The number of rotatable bonds is 7. The first kappa shape index (κ1) is 19.6. The molecule has 2 N–H and O–H groups in total. The van der Waals surface area contributed by atoms with Gasteiger partial charge in [0.15, 0.2) is 0 Å².